The number of carbonyl (C=O) groups excluding carboxylic acids is 2. The van der Waals surface area contributed by atoms with Gasteiger partial charge in [-0.05, 0) is 36.1 Å². The van der Waals surface area contributed by atoms with Crippen LogP contribution < -0.4 is 5.32 Å². The van der Waals surface area contributed by atoms with Gasteiger partial charge in [-0.15, -0.1) is 0 Å². The molecule has 0 atom stereocenters. The number of nitrogens with one attached hydrogen (secondary N) is 2. The Labute approximate surface area is 174 Å². The van der Waals surface area contributed by atoms with Crippen LogP contribution in [0, 0.1) is 0 Å². The summed E-state index contributed by atoms with van der Waals surface area (Å²) in [6, 6.07) is 11.3. The Balaban J connectivity index is 1.51. The van der Waals surface area contributed by atoms with Gasteiger partial charge in [-0.3, -0.25) is 10.1 Å². The molecule has 0 spiro atoms. The number of nitrogens with zero attached hydrogens (tertiary/aromatic N) is 2. The number of hydrogen-bond donors (Lipinski definition) is 2. The van der Waals surface area contributed by atoms with Gasteiger partial charge < -0.3 is 14.6 Å². The lowest BCUT2D eigenvalue weighted by atomic mass is 9.99. The number of H-pyrrole nitrogens is 1. The summed E-state index contributed by atoms with van der Waals surface area (Å²) in [7, 11) is 0. The third-order valence-corrected chi connectivity index (χ3v) is 4.95. The molecule has 2 amide bonds. The van der Waals surface area contributed by atoms with Crippen molar-refractivity contribution in [2.45, 2.75) is 19.4 Å². The van der Waals surface area contributed by atoms with E-state index in [1.807, 2.05) is 48.8 Å². The van der Waals surface area contributed by atoms with Crippen molar-refractivity contribution in [1.29, 1.82) is 0 Å². The van der Waals surface area contributed by atoms with Crippen LogP contribution >= 0.6 is 0 Å². The maximum Gasteiger partial charge on any atom is 0.412 e. The second-order valence-electron chi connectivity index (χ2n) is 7.00. The van der Waals surface area contributed by atoms with Crippen molar-refractivity contribution in [3.8, 4) is 0 Å². The van der Waals surface area contributed by atoms with E-state index in [2.05, 4.69) is 21.9 Å². The molecule has 1 aromatic carbocycles. The van der Waals surface area contributed by atoms with Crippen molar-refractivity contribution in [3.63, 3.8) is 0 Å². The van der Waals surface area contributed by atoms with E-state index in [1.54, 1.807) is 11.1 Å². The molecule has 7 heteroatoms. The van der Waals surface area contributed by atoms with E-state index < -0.39 is 6.09 Å². The van der Waals surface area contributed by atoms with Gasteiger partial charge >= 0.3 is 6.09 Å². The van der Waals surface area contributed by atoms with E-state index >= 15 is 0 Å². The Bertz CT molecular complexity index is 1120. The van der Waals surface area contributed by atoms with Crippen LogP contribution in [0.2, 0.25) is 0 Å². The quantitative estimate of drug-likeness (QED) is 0.617. The predicted octanol–water partition coefficient (Wildman–Crippen LogP) is 4.46. The van der Waals surface area contributed by atoms with Crippen molar-refractivity contribution >= 4 is 34.3 Å². The SMILES string of the molecule is C=CC(=O)N1C=C(c2c[nH]c3ncc(NC(=O)OCc4ccccc4)cc23)CCC1. The Morgan fingerprint density at radius 2 is 2.13 bits per heavy atom. The summed E-state index contributed by atoms with van der Waals surface area (Å²) in [5, 5.41) is 3.60. The van der Waals surface area contributed by atoms with Crippen molar-refractivity contribution in [3.05, 3.63) is 78.8 Å². The Morgan fingerprint density at radius 1 is 1.30 bits per heavy atom. The van der Waals surface area contributed by atoms with Crippen LogP contribution in [0.4, 0.5) is 10.5 Å². The molecule has 2 N–H and O–H groups in total. The van der Waals surface area contributed by atoms with Gasteiger partial charge in [-0.1, -0.05) is 36.9 Å². The van der Waals surface area contributed by atoms with Crippen LogP contribution in [0.25, 0.3) is 16.6 Å². The fourth-order valence-electron chi connectivity index (χ4n) is 3.47. The smallest absolute Gasteiger partial charge is 0.412 e. The van der Waals surface area contributed by atoms with Gasteiger partial charge in [0.2, 0.25) is 5.91 Å². The maximum absolute atomic E-state index is 12.2. The van der Waals surface area contributed by atoms with Crippen molar-refractivity contribution < 1.29 is 14.3 Å². The zero-order valence-electron chi connectivity index (χ0n) is 16.4. The van der Waals surface area contributed by atoms with E-state index in [-0.39, 0.29) is 12.5 Å². The molecule has 0 saturated carbocycles. The summed E-state index contributed by atoms with van der Waals surface area (Å²) in [6.07, 6.45) is 7.82. The fourth-order valence-corrected chi connectivity index (χ4v) is 3.47. The molecule has 0 saturated heterocycles. The molecule has 152 valence electrons. The lowest BCUT2D eigenvalue weighted by Gasteiger charge is -2.23. The second kappa shape index (κ2) is 8.65. The number of anilines is 1. The first-order valence-corrected chi connectivity index (χ1v) is 9.73. The lowest BCUT2D eigenvalue weighted by molar-refractivity contribution is -0.123. The van der Waals surface area contributed by atoms with E-state index in [9.17, 15) is 9.59 Å². The highest BCUT2D eigenvalue weighted by Crippen LogP contribution is 2.31. The third kappa shape index (κ3) is 4.25. The van der Waals surface area contributed by atoms with Crippen LogP contribution in [-0.2, 0) is 16.1 Å². The standard InChI is InChI=1S/C23H22N4O3/c1-2-21(28)27-10-6-9-17(14-27)20-13-25-22-19(20)11-18(12-24-22)26-23(29)30-15-16-7-4-3-5-8-16/h2-5,7-8,11-14H,1,6,9-10,15H2,(H,24,25)(H,26,29). The average molecular weight is 402 g/mol. The number of fused-ring (bicyclic) bond motifs is 1. The monoisotopic (exact) mass is 402 g/mol. The maximum atomic E-state index is 12.2. The molecule has 0 radical (unpaired) electrons. The highest BCUT2D eigenvalue weighted by atomic mass is 16.5. The van der Waals surface area contributed by atoms with Gasteiger partial charge in [-0.25, -0.2) is 9.78 Å². The number of carbonyl (C=O) groups is 2. The van der Waals surface area contributed by atoms with E-state index in [0.29, 0.717) is 17.9 Å². The molecule has 3 aromatic rings. The summed E-state index contributed by atoms with van der Waals surface area (Å²) in [6.45, 7) is 4.43. The minimum atomic E-state index is -0.545. The molecular weight excluding hydrogens is 380 g/mol. The molecule has 0 unspecified atom stereocenters. The molecule has 7 nitrogen and oxygen atoms in total. The van der Waals surface area contributed by atoms with Gasteiger partial charge in [-0.2, -0.15) is 0 Å². The molecule has 30 heavy (non-hydrogen) atoms. The van der Waals surface area contributed by atoms with Crippen LogP contribution in [0.1, 0.15) is 24.0 Å². The molecule has 2 aromatic heterocycles. The van der Waals surface area contributed by atoms with Crippen molar-refractivity contribution in [2.75, 3.05) is 11.9 Å². The van der Waals surface area contributed by atoms with Gasteiger partial charge in [0.25, 0.3) is 0 Å². The normalized spacial score (nSPS) is 13.6. The molecule has 3 heterocycles. The van der Waals surface area contributed by atoms with Crippen LogP contribution in [0.5, 0.6) is 0 Å². The summed E-state index contributed by atoms with van der Waals surface area (Å²) in [5.41, 5.74) is 4.16. The van der Waals surface area contributed by atoms with Gasteiger partial charge in [0, 0.05) is 29.9 Å². The summed E-state index contributed by atoms with van der Waals surface area (Å²) in [4.78, 5) is 33.3. The highest BCUT2D eigenvalue weighted by molar-refractivity contribution is 5.96. The minimum absolute atomic E-state index is 0.117. The molecular formula is C23H22N4O3. The first kappa shape index (κ1) is 19.4. The minimum Gasteiger partial charge on any atom is -0.444 e. The van der Waals surface area contributed by atoms with E-state index in [1.165, 1.54) is 6.08 Å². The molecule has 1 aliphatic rings. The number of aromatic amines is 1. The molecule has 0 bridgehead atoms. The van der Waals surface area contributed by atoms with Gasteiger partial charge in [0.05, 0.1) is 11.9 Å². The number of aromatic nitrogens is 2. The van der Waals surface area contributed by atoms with Crippen molar-refractivity contribution in [1.82, 2.24) is 14.9 Å². The number of amides is 2. The number of benzene rings is 1. The van der Waals surface area contributed by atoms with Crippen LogP contribution in [-0.4, -0.2) is 33.4 Å². The zero-order valence-corrected chi connectivity index (χ0v) is 16.4. The van der Waals surface area contributed by atoms with Crippen molar-refractivity contribution in [2.24, 2.45) is 0 Å². The fraction of sp³-hybridized carbons (Fsp3) is 0.174. The number of rotatable bonds is 5. The molecule has 1 aliphatic heterocycles. The highest BCUT2D eigenvalue weighted by Gasteiger charge is 2.18. The number of allylic oxidation sites excluding steroid dienone is 1. The lowest BCUT2D eigenvalue weighted by Crippen LogP contribution is -2.27. The van der Waals surface area contributed by atoms with E-state index in [4.69, 9.17) is 4.74 Å². The second-order valence-corrected chi connectivity index (χ2v) is 7.00. The van der Waals surface area contributed by atoms with Crippen LogP contribution in [0.3, 0.4) is 0 Å². The first-order chi connectivity index (χ1) is 14.6. The topological polar surface area (TPSA) is 87.3 Å². The first-order valence-electron chi connectivity index (χ1n) is 9.73. The molecule has 0 aliphatic carbocycles. The number of hydrogen-bond acceptors (Lipinski definition) is 4. The summed E-state index contributed by atoms with van der Waals surface area (Å²) in [5.74, 6) is -0.117. The molecule has 4 rings (SSSR count). The Kier molecular flexibility index (Phi) is 5.61. The molecule has 0 fully saturated rings. The third-order valence-electron chi connectivity index (χ3n) is 4.95. The summed E-state index contributed by atoms with van der Waals surface area (Å²) >= 11 is 0. The zero-order chi connectivity index (χ0) is 20.9. The number of ether oxygens (including phenoxy) is 1. The predicted molar refractivity (Wildman–Crippen MR) is 115 cm³/mol. The Morgan fingerprint density at radius 3 is 2.93 bits per heavy atom. The number of pyridine rings is 1. The van der Waals surface area contributed by atoms with E-state index in [0.717, 1.165) is 34.9 Å². The largest absolute Gasteiger partial charge is 0.444 e. The Hall–Kier alpha value is -3.87. The van der Waals surface area contributed by atoms with Gasteiger partial charge in [0.1, 0.15) is 12.3 Å². The summed E-state index contributed by atoms with van der Waals surface area (Å²) < 4.78 is 5.27. The average Bonchev–Trinajstić information content (AvgIpc) is 3.21. The van der Waals surface area contributed by atoms with Crippen LogP contribution in [0.15, 0.2) is 67.6 Å². The van der Waals surface area contributed by atoms with Gasteiger partial charge in [0.15, 0.2) is 0 Å².